The molecule has 1 aromatic carbocycles. The van der Waals surface area contributed by atoms with Crippen molar-refractivity contribution >= 4 is 33.0 Å². The van der Waals surface area contributed by atoms with Crippen LogP contribution in [0.5, 0.6) is 11.5 Å². The summed E-state index contributed by atoms with van der Waals surface area (Å²) in [5, 5.41) is 2.90. The molecule has 0 saturated carbocycles. The van der Waals surface area contributed by atoms with Crippen LogP contribution in [0.1, 0.15) is 34.0 Å². The van der Waals surface area contributed by atoms with Gasteiger partial charge in [-0.1, -0.05) is 0 Å². The smallest absolute Gasteiger partial charge is 0.265 e. The highest BCUT2D eigenvalue weighted by Crippen LogP contribution is 2.38. The van der Waals surface area contributed by atoms with E-state index in [4.69, 9.17) is 9.47 Å². The van der Waals surface area contributed by atoms with Crippen LogP contribution >= 0.6 is 11.3 Å². The number of rotatable bonds is 8. The van der Waals surface area contributed by atoms with Crippen molar-refractivity contribution < 1.29 is 22.7 Å². The summed E-state index contributed by atoms with van der Waals surface area (Å²) in [5.41, 5.74) is 1.65. The topological polar surface area (TPSA) is 93.7 Å². The van der Waals surface area contributed by atoms with E-state index in [1.54, 1.807) is 6.07 Å². The predicted octanol–water partition coefficient (Wildman–Crippen LogP) is 2.81. The molecule has 1 aromatic heterocycles. The fourth-order valence-electron chi connectivity index (χ4n) is 2.99. The lowest BCUT2D eigenvalue weighted by molar-refractivity contribution is 0.103. The summed E-state index contributed by atoms with van der Waals surface area (Å²) in [7, 11) is -3.21. The molecular formula is C19H24N2O5S2. The average Bonchev–Trinajstić information content (AvgIpc) is 3.20. The molecule has 0 bridgehead atoms. The number of anilines is 1. The second-order valence-corrected chi connectivity index (χ2v) is 9.66. The van der Waals surface area contributed by atoms with E-state index in [1.165, 1.54) is 11.3 Å². The highest BCUT2D eigenvalue weighted by atomic mass is 32.2. The Labute approximate surface area is 169 Å². The van der Waals surface area contributed by atoms with Crippen LogP contribution in [0, 0.1) is 0 Å². The first kappa shape index (κ1) is 20.6. The van der Waals surface area contributed by atoms with E-state index in [2.05, 4.69) is 10.0 Å². The molecule has 28 heavy (non-hydrogen) atoms. The van der Waals surface area contributed by atoms with E-state index in [1.807, 2.05) is 32.0 Å². The van der Waals surface area contributed by atoms with Crippen molar-refractivity contribution in [2.24, 2.45) is 0 Å². The third kappa shape index (κ3) is 5.24. The van der Waals surface area contributed by atoms with E-state index in [0.29, 0.717) is 35.9 Å². The van der Waals surface area contributed by atoms with E-state index in [0.717, 1.165) is 28.9 Å². The molecule has 2 aromatic rings. The fraction of sp³-hybridized carbons (Fsp3) is 0.421. The molecule has 2 heterocycles. The Balaban J connectivity index is 1.70. The van der Waals surface area contributed by atoms with E-state index < -0.39 is 10.0 Å². The van der Waals surface area contributed by atoms with Gasteiger partial charge in [-0.2, -0.15) is 0 Å². The van der Waals surface area contributed by atoms with Crippen molar-refractivity contribution in [2.75, 3.05) is 24.7 Å². The number of thiophene rings is 1. The van der Waals surface area contributed by atoms with Crippen LogP contribution < -0.4 is 19.5 Å². The minimum absolute atomic E-state index is 0.107. The lowest BCUT2D eigenvalue weighted by Gasteiger charge is -2.13. The van der Waals surface area contributed by atoms with Crippen molar-refractivity contribution in [3.63, 3.8) is 0 Å². The van der Waals surface area contributed by atoms with E-state index in [9.17, 15) is 13.2 Å². The molecule has 3 rings (SSSR count). The van der Waals surface area contributed by atoms with Gasteiger partial charge in [0.15, 0.2) is 0 Å². The van der Waals surface area contributed by atoms with Crippen LogP contribution in [0.2, 0.25) is 0 Å². The van der Waals surface area contributed by atoms with Gasteiger partial charge in [0.25, 0.3) is 5.91 Å². The number of sulfonamides is 1. The zero-order valence-corrected chi connectivity index (χ0v) is 17.7. The number of carbonyl (C=O) groups excluding carboxylic acids is 1. The molecule has 152 valence electrons. The Kier molecular flexibility index (Phi) is 6.26. The summed E-state index contributed by atoms with van der Waals surface area (Å²) in [6, 6.07) is 7.31. The van der Waals surface area contributed by atoms with Crippen LogP contribution in [0.15, 0.2) is 24.3 Å². The van der Waals surface area contributed by atoms with Crippen molar-refractivity contribution in [3.8, 4) is 11.5 Å². The van der Waals surface area contributed by atoms with Crippen LogP contribution in [-0.4, -0.2) is 39.8 Å². The quantitative estimate of drug-likeness (QED) is 0.680. The highest BCUT2D eigenvalue weighted by Gasteiger charge is 2.23. The molecule has 1 atom stereocenters. The first-order chi connectivity index (χ1) is 13.2. The molecule has 1 aliphatic heterocycles. The van der Waals surface area contributed by atoms with Crippen molar-refractivity contribution in [2.45, 2.75) is 32.8 Å². The van der Waals surface area contributed by atoms with Crippen LogP contribution in [0.3, 0.4) is 0 Å². The summed E-state index contributed by atoms with van der Waals surface area (Å²) >= 11 is 1.34. The standard InChI is InChI=1S/C19H24N2O5S2/c1-4-25-17-10-13-9-12(2)26-16(13)11-15(17)21-19(22)18-6-5-14(27-18)7-8-20-28(3,23)24/h5-6,10-12,20H,4,7-9H2,1-3H3,(H,21,22)/t12-/m0/s1. The SMILES string of the molecule is CCOc1cc2c(cc1NC(=O)c1ccc(CCNS(C)(=O)=O)s1)O[C@@H](C)C2. The Morgan fingerprint density at radius 3 is 2.86 bits per heavy atom. The Bertz CT molecular complexity index is 969. The number of amides is 1. The van der Waals surface area contributed by atoms with E-state index >= 15 is 0 Å². The molecule has 9 heteroatoms. The second-order valence-electron chi connectivity index (χ2n) is 6.66. The third-order valence-corrected chi connectivity index (χ3v) is 6.04. The largest absolute Gasteiger partial charge is 0.492 e. The van der Waals surface area contributed by atoms with Gasteiger partial charge in [0, 0.05) is 29.5 Å². The number of hydrogen-bond donors (Lipinski definition) is 2. The number of benzene rings is 1. The van der Waals surface area contributed by atoms with Crippen LogP contribution in [0.4, 0.5) is 5.69 Å². The fourth-order valence-corrected chi connectivity index (χ4v) is 4.37. The number of ether oxygens (including phenoxy) is 2. The zero-order valence-electron chi connectivity index (χ0n) is 16.1. The molecule has 0 fully saturated rings. The number of nitrogens with one attached hydrogen (secondary N) is 2. The molecule has 7 nitrogen and oxygen atoms in total. The maximum absolute atomic E-state index is 12.7. The Hall–Kier alpha value is -2.10. The molecule has 0 spiro atoms. The Morgan fingerprint density at radius 1 is 1.36 bits per heavy atom. The minimum atomic E-state index is -3.21. The van der Waals surface area contributed by atoms with Gasteiger partial charge in [-0.15, -0.1) is 11.3 Å². The number of fused-ring (bicyclic) bond motifs is 1. The lowest BCUT2D eigenvalue weighted by Crippen LogP contribution is -2.24. The number of hydrogen-bond acceptors (Lipinski definition) is 6. The van der Waals surface area contributed by atoms with Gasteiger partial charge in [-0.25, -0.2) is 13.1 Å². The maximum Gasteiger partial charge on any atom is 0.265 e. The van der Waals surface area contributed by atoms with Gasteiger partial charge in [0.2, 0.25) is 10.0 Å². The van der Waals surface area contributed by atoms with Crippen molar-refractivity contribution in [3.05, 3.63) is 39.6 Å². The molecule has 0 saturated heterocycles. The van der Waals surface area contributed by atoms with Gasteiger partial charge in [0.1, 0.15) is 17.6 Å². The summed E-state index contributed by atoms with van der Waals surface area (Å²) in [6.45, 7) is 4.70. The predicted molar refractivity (Wildman–Crippen MR) is 110 cm³/mol. The number of carbonyl (C=O) groups is 1. The lowest BCUT2D eigenvalue weighted by atomic mass is 10.1. The first-order valence-corrected chi connectivity index (χ1v) is 11.8. The maximum atomic E-state index is 12.7. The van der Waals surface area contributed by atoms with Gasteiger partial charge in [-0.05, 0) is 38.5 Å². The third-order valence-electron chi connectivity index (χ3n) is 4.17. The first-order valence-electron chi connectivity index (χ1n) is 9.06. The average molecular weight is 425 g/mol. The Morgan fingerprint density at radius 2 is 2.14 bits per heavy atom. The van der Waals surface area contributed by atoms with Gasteiger partial charge in [0.05, 0.1) is 23.4 Å². The van der Waals surface area contributed by atoms with Gasteiger partial charge >= 0.3 is 0 Å². The zero-order chi connectivity index (χ0) is 20.3. The van der Waals surface area contributed by atoms with E-state index in [-0.39, 0.29) is 12.0 Å². The van der Waals surface area contributed by atoms with Crippen LogP contribution in [-0.2, 0) is 22.9 Å². The normalized spacial score (nSPS) is 15.8. The summed E-state index contributed by atoms with van der Waals surface area (Å²) in [4.78, 5) is 14.1. The highest BCUT2D eigenvalue weighted by molar-refractivity contribution is 7.88. The minimum Gasteiger partial charge on any atom is -0.492 e. The van der Waals surface area contributed by atoms with Crippen molar-refractivity contribution in [1.29, 1.82) is 0 Å². The molecule has 0 radical (unpaired) electrons. The molecular weight excluding hydrogens is 400 g/mol. The molecule has 0 unspecified atom stereocenters. The van der Waals surface area contributed by atoms with Crippen molar-refractivity contribution in [1.82, 2.24) is 4.72 Å². The molecule has 1 aliphatic rings. The summed E-state index contributed by atoms with van der Waals surface area (Å²) in [6.07, 6.45) is 2.58. The van der Waals surface area contributed by atoms with Gasteiger partial charge < -0.3 is 14.8 Å². The summed E-state index contributed by atoms with van der Waals surface area (Å²) < 4.78 is 36.2. The summed E-state index contributed by atoms with van der Waals surface area (Å²) in [5.74, 6) is 1.16. The molecule has 2 N–H and O–H groups in total. The van der Waals surface area contributed by atoms with Crippen LogP contribution in [0.25, 0.3) is 0 Å². The second kappa shape index (κ2) is 8.50. The molecule has 1 amide bonds. The monoisotopic (exact) mass is 424 g/mol. The van der Waals surface area contributed by atoms with Gasteiger partial charge in [-0.3, -0.25) is 4.79 Å². The molecule has 0 aliphatic carbocycles.